The van der Waals surface area contributed by atoms with Crippen LogP contribution in [0.2, 0.25) is 0 Å². The van der Waals surface area contributed by atoms with Crippen molar-refractivity contribution in [2.24, 2.45) is 0 Å². The molecule has 5 aromatic rings. The number of imidazole rings is 1. The molecule has 0 fully saturated rings. The second kappa shape index (κ2) is 6.79. The van der Waals surface area contributed by atoms with Crippen molar-refractivity contribution in [3.63, 3.8) is 0 Å². The number of nitrogens with zero attached hydrogens (tertiary/aromatic N) is 2. The standard InChI is InChI=1S/C29H29N2S/c1-5-28(3)22-14-9-7-12-20(22)27-30(18-19-31(27)29(28,4)6-2)23-15-11-17-25-26(23)21-13-8-10-16-24(21)32-25/h7-19H,5-6H2,1-4H3/q+1. The summed E-state index contributed by atoms with van der Waals surface area (Å²) < 4.78 is 7.69. The Morgan fingerprint density at radius 2 is 1.59 bits per heavy atom. The SMILES string of the molecule is CCC1(C)c2ccccc2-c2n(-c3cccc4sc5ccccc5c34)cc[n+]2C1(C)CC. The molecule has 6 rings (SSSR count). The molecular weight excluding hydrogens is 408 g/mol. The lowest BCUT2D eigenvalue weighted by atomic mass is 9.61. The molecule has 1 aliphatic rings. The molecule has 32 heavy (non-hydrogen) atoms. The van der Waals surface area contributed by atoms with Gasteiger partial charge in [0, 0.05) is 25.6 Å². The summed E-state index contributed by atoms with van der Waals surface area (Å²) in [5, 5.41) is 2.70. The molecule has 2 unspecified atom stereocenters. The Balaban J connectivity index is 1.73. The Morgan fingerprint density at radius 3 is 2.41 bits per heavy atom. The summed E-state index contributed by atoms with van der Waals surface area (Å²) >= 11 is 1.88. The second-order valence-electron chi connectivity index (χ2n) is 9.47. The highest BCUT2D eigenvalue weighted by atomic mass is 32.1. The topological polar surface area (TPSA) is 8.81 Å². The van der Waals surface area contributed by atoms with Crippen LogP contribution < -0.4 is 4.57 Å². The molecule has 3 heterocycles. The second-order valence-corrected chi connectivity index (χ2v) is 10.6. The van der Waals surface area contributed by atoms with Gasteiger partial charge in [-0.25, -0.2) is 4.57 Å². The molecule has 0 radical (unpaired) electrons. The summed E-state index contributed by atoms with van der Waals surface area (Å²) in [5.41, 5.74) is 4.16. The van der Waals surface area contributed by atoms with Crippen LogP contribution in [0.3, 0.4) is 0 Å². The Morgan fingerprint density at radius 1 is 0.844 bits per heavy atom. The van der Waals surface area contributed by atoms with Gasteiger partial charge < -0.3 is 0 Å². The molecule has 0 spiro atoms. The van der Waals surface area contributed by atoms with Crippen molar-refractivity contribution in [1.29, 1.82) is 0 Å². The van der Waals surface area contributed by atoms with Gasteiger partial charge in [0.2, 0.25) is 0 Å². The first kappa shape index (κ1) is 19.8. The molecule has 2 aromatic heterocycles. The average molecular weight is 438 g/mol. The molecule has 1 aliphatic heterocycles. The fraction of sp³-hybridized carbons (Fsp3) is 0.276. The predicted molar refractivity (Wildman–Crippen MR) is 136 cm³/mol. The van der Waals surface area contributed by atoms with E-state index in [2.05, 4.69) is 116 Å². The van der Waals surface area contributed by atoms with E-state index in [1.807, 2.05) is 11.3 Å². The number of benzene rings is 3. The molecule has 0 bridgehead atoms. The van der Waals surface area contributed by atoms with E-state index in [1.165, 1.54) is 42.8 Å². The van der Waals surface area contributed by atoms with Gasteiger partial charge in [-0.2, -0.15) is 4.57 Å². The van der Waals surface area contributed by atoms with Gasteiger partial charge in [0.15, 0.2) is 0 Å². The first-order valence-corrected chi connectivity index (χ1v) is 12.5. The van der Waals surface area contributed by atoms with E-state index in [0.717, 1.165) is 12.8 Å². The molecule has 0 saturated heterocycles. The Labute approximate surface area is 193 Å². The highest BCUT2D eigenvalue weighted by Gasteiger charge is 2.55. The molecule has 0 aliphatic carbocycles. The first-order chi connectivity index (χ1) is 15.5. The van der Waals surface area contributed by atoms with Gasteiger partial charge in [-0.3, -0.25) is 0 Å². The lowest BCUT2D eigenvalue weighted by Gasteiger charge is -2.47. The Bertz CT molecular complexity index is 1490. The number of aromatic nitrogens is 2. The molecule has 3 aromatic carbocycles. The normalized spacial score (nSPS) is 22.2. The summed E-state index contributed by atoms with van der Waals surface area (Å²) in [4.78, 5) is 0. The third-order valence-electron chi connectivity index (χ3n) is 8.34. The van der Waals surface area contributed by atoms with Crippen molar-refractivity contribution in [3.05, 3.63) is 84.7 Å². The maximum Gasteiger partial charge on any atom is 0.294 e. The Hall–Kier alpha value is -2.91. The van der Waals surface area contributed by atoms with E-state index in [0.29, 0.717) is 0 Å². The number of thiophene rings is 1. The van der Waals surface area contributed by atoms with Crippen molar-refractivity contribution in [2.75, 3.05) is 0 Å². The number of rotatable bonds is 3. The Kier molecular flexibility index (Phi) is 4.19. The lowest BCUT2D eigenvalue weighted by Crippen LogP contribution is -2.67. The minimum Gasteiger partial charge on any atom is -0.224 e. The van der Waals surface area contributed by atoms with Crippen LogP contribution in [0.1, 0.15) is 46.1 Å². The lowest BCUT2D eigenvalue weighted by molar-refractivity contribution is -0.764. The summed E-state index contributed by atoms with van der Waals surface area (Å²) in [7, 11) is 0. The summed E-state index contributed by atoms with van der Waals surface area (Å²) in [6.45, 7) is 9.57. The van der Waals surface area contributed by atoms with Crippen LogP contribution in [0.25, 0.3) is 37.2 Å². The zero-order valence-electron chi connectivity index (χ0n) is 19.2. The summed E-state index contributed by atoms with van der Waals surface area (Å²) in [6, 6.07) is 24.6. The van der Waals surface area contributed by atoms with Gasteiger partial charge in [0.1, 0.15) is 23.6 Å². The maximum atomic E-state index is 2.56. The van der Waals surface area contributed by atoms with Crippen LogP contribution >= 0.6 is 11.3 Å². The largest absolute Gasteiger partial charge is 0.294 e. The molecule has 0 saturated carbocycles. The maximum absolute atomic E-state index is 2.56. The van der Waals surface area contributed by atoms with Crippen molar-refractivity contribution in [3.8, 4) is 17.1 Å². The third-order valence-corrected chi connectivity index (χ3v) is 9.48. The zero-order valence-corrected chi connectivity index (χ0v) is 20.0. The van der Waals surface area contributed by atoms with Gasteiger partial charge in [-0.15, -0.1) is 11.3 Å². The highest BCUT2D eigenvalue weighted by molar-refractivity contribution is 7.25. The van der Waals surface area contributed by atoms with Gasteiger partial charge in [-0.05, 0) is 49.6 Å². The number of hydrogen-bond donors (Lipinski definition) is 0. The first-order valence-electron chi connectivity index (χ1n) is 11.7. The zero-order chi connectivity index (χ0) is 22.1. The van der Waals surface area contributed by atoms with Crippen molar-refractivity contribution in [2.45, 2.75) is 51.5 Å². The van der Waals surface area contributed by atoms with Gasteiger partial charge in [-0.1, -0.05) is 63.2 Å². The van der Waals surface area contributed by atoms with Crippen molar-refractivity contribution >= 4 is 31.5 Å². The fourth-order valence-corrected chi connectivity index (χ4v) is 7.17. The predicted octanol–water partition coefficient (Wildman–Crippen LogP) is 7.61. The van der Waals surface area contributed by atoms with Crippen LogP contribution in [0.5, 0.6) is 0 Å². The van der Waals surface area contributed by atoms with Crippen LogP contribution in [0, 0.1) is 0 Å². The summed E-state index contributed by atoms with van der Waals surface area (Å²) in [6.07, 6.45) is 6.79. The van der Waals surface area contributed by atoms with Crippen LogP contribution in [-0.2, 0) is 11.0 Å². The van der Waals surface area contributed by atoms with Crippen molar-refractivity contribution in [1.82, 2.24) is 4.57 Å². The van der Waals surface area contributed by atoms with Crippen LogP contribution in [0.4, 0.5) is 0 Å². The van der Waals surface area contributed by atoms with E-state index in [4.69, 9.17) is 0 Å². The van der Waals surface area contributed by atoms with E-state index >= 15 is 0 Å². The van der Waals surface area contributed by atoms with E-state index in [-0.39, 0.29) is 11.0 Å². The monoisotopic (exact) mass is 437 g/mol. The molecular formula is C29H29N2S+. The smallest absolute Gasteiger partial charge is 0.224 e. The molecule has 3 heteroatoms. The molecule has 0 N–H and O–H groups in total. The molecule has 2 atom stereocenters. The number of hydrogen-bond acceptors (Lipinski definition) is 1. The van der Waals surface area contributed by atoms with Crippen LogP contribution in [0.15, 0.2) is 79.1 Å². The highest BCUT2D eigenvalue weighted by Crippen LogP contribution is 2.50. The van der Waals surface area contributed by atoms with E-state index in [1.54, 1.807) is 0 Å². The minimum absolute atomic E-state index is 0.00129. The minimum atomic E-state index is 0.00129. The third kappa shape index (κ3) is 2.32. The quantitative estimate of drug-likeness (QED) is 0.257. The van der Waals surface area contributed by atoms with Gasteiger partial charge >= 0.3 is 0 Å². The van der Waals surface area contributed by atoms with Crippen molar-refractivity contribution < 1.29 is 4.57 Å². The van der Waals surface area contributed by atoms with E-state index < -0.39 is 0 Å². The van der Waals surface area contributed by atoms with Crippen LogP contribution in [-0.4, -0.2) is 4.57 Å². The van der Waals surface area contributed by atoms with E-state index in [9.17, 15) is 0 Å². The number of fused-ring (bicyclic) bond motifs is 6. The fourth-order valence-electron chi connectivity index (χ4n) is 6.05. The molecule has 0 amide bonds. The van der Waals surface area contributed by atoms with Gasteiger partial charge in [0.05, 0.1) is 5.56 Å². The van der Waals surface area contributed by atoms with Gasteiger partial charge in [0.25, 0.3) is 5.82 Å². The molecule has 2 nitrogen and oxygen atoms in total. The summed E-state index contributed by atoms with van der Waals surface area (Å²) in [5.74, 6) is 1.29. The molecule has 160 valence electrons. The average Bonchev–Trinajstić information content (AvgIpc) is 3.45.